The number of nitrogens with zero attached hydrogens (tertiary/aromatic N) is 3. The fraction of sp³-hybridized carbons (Fsp3) is 0.385. The van der Waals surface area contributed by atoms with Crippen LogP contribution in [-0.2, 0) is 11.3 Å². The highest BCUT2D eigenvalue weighted by Crippen LogP contribution is 2.31. The minimum Gasteiger partial charge on any atom is -0.378 e. The van der Waals surface area contributed by atoms with Gasteiger partial charge in [0.15, 0.2) is 11.6 Å². The van der Waals surface area contributed by atoms with Crippen LogP contribution in [0.5, 0.6) is 0 Å². The molecule has 0 atom stereocenters. The second kappa shape index (κ2) is 5.74. The molecule has 0 spiro atoms. The molecule has 0 saturated carbocycles. The molecule has 1 aliphatic rings. The van der Waals surface area contributed by atoms with E-state index in [0.717, 1.165) is 12.1 Å². The van der Waals surface area contributed by atoms with Gasteiger partial charge in [-0.05, 0) is 6.07 Å². The second-order valence-electron chi connectivity index (χ2n) is 4.60. The summed E-state index contributed by atoms with van der Waals surface area (Å²) in [5.41, 5.74) is 6.31. The monoisotopic (exact) mass is 296 g/mol. The van der Waals surface area contributed by atoms with Crippen LogP contribution in [0.1, 0.15) is 5.89 Å². The fourth-order valence-electron chi connectivity index (χ4n) is 2.23. The molecule has 1 aromatic carbocycles. The summed E-state index contributed by atoms with van der Waals surface area (Å²) in [5.74, 6) is -1.44. The summed E-state index contributed by atoms with van der Waals surface area (Å²) < 4.78 is 37.4. The van der Waals surface area contributed by atoms with Gasteiger partial charge in [-0.25, -0.2) is 8.78 Å². The topological polar surface area (TPSA) is 77.4 Å². The Bertz CT molecular complexity index is 641. The van der Waals surface area contributed by atoms with Gasteiger partial charge in [0.2, 0.25) is 11.7 Å². The third-order valence-electron chi connectivity index (χ3n) is 3.27. The molecule has 0 radical (unpaired) electrons. The molecule has 2 N–H and O–H groups in total. The van der Waals surface area contributed by atoms with Gasteiger partial charge in [0.05, 0.1) is 25.4 Å². The number of halogens is 2. The van der Waals surface area contributed by atoms with E-state index in [1.165, 1.54) is 0 Å². The van der Waals surface area contributed by atoms with Gasteiger partial charge < -0.3 is 19.9 Å². The highest BCUT2D eigenvalue weighted by atomic mass is 19.2. The lowest BCUT2D eigenvalue weighted by molar-refractivity contribution is 0.122. The molecule has 0 bridgehead atoms. The first-order chi connectivity index (χ1) is 10.2. The second-order valence-corrected chi connectivity index (χ2v) is 4.60. The Kier molecular flexibility index (Phi) is 3.80. The van der Waals surface area contributed by atoms with Crippen molar-refractivity contribution in [3.05, 3.63) is 29.7 Å². The van der Waals surface area contributed by atoms with Crippen molar-refractivity contribution < 1.29 is 18.0 Å². The van der Waals surface area contributed by atoms with E-state index in [2.05, 4.69) is 10.1 Å². The molecule has 21 heavy (non-hydrogen) atoms. The Morgan fingerprint density at radius 2 is 1.90 bits per heavy atom. The van der Waals surface area contributed by atoms with Gasteiger partial charge in [-0.1, -0.05) is 5.16 Å². The first-order valence-electron chi connectivity index (χ1n) is 6.54. The van der Waals surface area contributed by atoms with E-state index in [1.807, 2.05) is 4.90 Å². The molecule has 0 aliphatic carbocycles. The zero-order chi connectivity index (χ0) is 14.8. The SMILES string of the molecule is NCc1nc(-c2cc(F)c(F)cc2N2CCOCC2)no1. The van der Waals surface area contributed by atoms with Gasteiger partial charge in [-0.3, -0.25) is 0 Å². The molecule has 112 valence electrons. The molecule has 1 aromatic heterocycles. The average Bonchev–Trinajstić information content (AvgIpc) is 2.99. The zero-order valence-electron chi connectivity index (χ0n) is 11.2. The Labute approximate surface area is 119 Å². The number of anilines is 1. The van der Waals surface area contributed by atoms with Gasteiger partial charge in [0.25, 0.3) is 0 Å². The molecule has 1 aliphatic heterocycles. The summed E-state index contributed by atoms with van der Waals surface area (Å²) >= 11 is 0. The highest BCUT2D eigenvalue weighted by Gasteiger charge is 2.21. The van der Waals surface area contributed by atoms with Crippen molar-refractivity contribution in [3.8, 4) is 11.4 Å². The van der Waals surface area contributed by atoms with Crippen molar-refractivity contribution in [2.24, 2.45) is 5.73 Å². The van der Waals surface area contributed by atoms with E-state index in [-0.39, 0.29) is 18.3 Å². The van der Waals surface area contributed by atoms with Crippen LogP contribution in [0, 0.1) is 11.6 Å². The molecule has 0 amide bonds. The number of rotatable bonds is 3. The van der Waals surface area contributed by atoms with Gasteiger partial charge in [-0.2, -0.15) is 4.98 Å². The van der Waals surface area contributed by atoms with Gasteiger partial charge in [-0.15, -0.1) is 0 Å². The predicted molar refractivity (Wildman–Crippen MR) is 70.6 cm³/mol. The number of hydrogen-bond donors (Lipinski definition) is 1. The summed E-state index contributed by atoms with van der Waals surface area (Å²) in [7, 11) is 0. The van der Waals surface area contributed by atoms with Crippen LogP contribution in [0.3, 0.4) is 0 Å². The zero-order valence-corrected chi connectivity index (χ0v) is 11.2. The van der Waals surface area contributed by atoms with Crippen LogP contribution < -0.4 is 10.6 Å². The highest BCUT2D eigenvalue weighted by molar-refractivity contribution is 5.74. The summed E-state index contributed by atoms with van der Waals surface area (Å²) in [6.45, 7) is 2.31. The smallest absolute Gasteiger partial charge is 0.240 e. The van der Waals surface area contributed by atoms with Crippen molar-refractivity contribution in [2.75, 3.05) is 31.2 Å². The maximum Gasteiger partial charge on any atom is 0.240 e. The van der Waals surface area contributed by atoms with Crippen molar-refractivity contribution in [3.63, 3.8) is 0 Å². The standard InChI is InChI=1S/C13H14F2N4O2/c14-9-5-8(13-17-12(7-16)21-18-13)11(6-10(9)15)19-1-3-20-4-2-19/h5-6H,1-4,7,16H2. The third-order valence-corrected chi connectivity index (χ3v) is 3.27. The summed E-state index contributed by atoms with van der Waals surface area (Å²) in [6.07, 6.45) is 0. The van der Waals surface area contributed by atoms with Crippen LogP contribution in [0.2, 0.25) is 0 Å². The maximum atomic E-state index is 13.6. The number of benzene rings is 1. The van der Waals surface area contributed by atoms with Gasteiger partial charge in [0, 0.05) is 24.7 Å². The van der Waals surface area contributed by atoms with E-state index in [0.29, 0.717) is 37.6 Å². The predicted octanol–water partition coefficient (Wildman–Crippen LogP) is 1.31. The Morgan fingerprint density at radius 3 is 2.57 bits per heavy atom. The number of nitrogens with two attached hydrogens (primary N) is 1. The molecular formula is C13H14F2N4O2. The average molecular weight is 296 g/mol. The number of hydrogen-bond acceptors (Lipinski definition) is 6. The number of ether oxygens (including phenoxy) is 1. The molecule has 3 rings (SSSR count). The number of aromatic nitrogens is 2. The maximum absolute atomic E-state index is 13.6. The van der Waals surface area contributed by atoms with Crippen molar-refractivity contribution in [1.29, 1.82) is 0 Å². The Balaban J connectivity index is 2.06. The number of morpholine rings is 1. The molecule has 2 heterocycles. The van der Waals surface area contributed by atoms with Gasteiger partial charge >= 0.3 is 0 Å². The lowest BCUT2D eigenvalue weighted by Gasteiger charge is -2.30. The first kappa shape index (κ1) is 13.9. The van der Waals surface area contributed by atoms with Crippen LogP contribution in [0.25, 0.3) is 11.4 Å². The molecule has 1 fully saturated rings. The van der Waals surface area contributed by atoms with Crippen LogP contribution in [-0.4, -0.2) is 36.4 Å². The summed E-state index contributed by atoms with van der Waals surface area (Å²) in [6, 6.07) is 2.22. The molecule has 0 unspecified atom stereocenters. The van der Waals surface area contributed by atoms with Gasteiger partial charge in [0.1, 0.15) is 0 Å². The fourth-order valence-corrected chi connectivity index (χ4v) is 2.23. The first-order valence-corrected chi connectivity index (χ1v) is 6.54. The Morgan fingerprint density at radius 1 is 1.19 bits per heavy atom. The summed E-state index contributed by atoms with van der Waals surface area (Å²) in [5, 5.41) is 3.77. The van der Waals surface area contributed by atoms with E-state index >= 15 is 0 Å². The van der Waals surface area contributed by atoms with E-state index in [9.17, 15) is 8.78 Å². The molecule has 6 nitrogen and oxygen atoms in total. The van der Waals surface area contributed by atoms with Crippen molar-refractivity contribution in [2.45, 2.75) is 6.54 Å². The lowest BCUT2D eigenvalue weighted by atomic mass is 10.1. The third kappa shape index (κ3) is 2.72. The molecule has 1 saturated heterocycles. The molecular weight excluding hydrogens is 282 g/mol. The lowest BCUT2D eigenvalue weighted by Crippen LogP contribution is -2.36. The largest absolute Gasteiger partial charge is 0.378 e. The van der Waals surface area contributed by atoms with Crippen molar-refractivity contribution >= 4 is 5.69 Å². The van der Waals surface area contributed by atoms with Crippen LogP contribution in [0.4, 0.5) is 14.5 Å². The van der Waals surface area contributed by atoms with Crippen LogP contribution >= 0.6 is 0 Å². The van der Waals surface area contributed by atoms with E-state index in [4.69, 9.17) is 15.0 Å². The summed E-state index contributed by atoms with van der Waals surface area (Å²) in [4.78, 5) is 5.98. The van der Waals surface area contributed by atoms with E-state index < -0.39 is 11.6 Å². The molecule has 2 aromatic rings. The van der Waals surface area contributed by atoms with Crippen LogP contribution in [0.15, 0.2) is 16.7 Å². The quantitative estimate of drug-likeness (QED) is 0.920. The minimum absolute atomic E-state index is 0.0869. The minimum atomic E-state index is -0.957. The van der Waals surface area contributed by atoms with E-state index in [1.54, 1.807) is 0 Å². The Hall–Kier alpha value is -2.06. The molecule has 8 heteroatoms. The normalized spacial score (nSPS) is 15.5. The van der Waals surface area contributed by atoms with Crippen molar-refractivity contribution in [1.82, 2.24) is 10.1 Å².